The van der Waals surface area contributed by atoms with Crippen LogP contribution in [0.4, 0.5) is 0 Å². The molecule has 4 heteroatoms. The van der Waals surface area contributed by atoms with Gasteiger partial charge in [-0.25, -0.2) is 4.68 Å². The maximum absolute atomic E-state index is 5.65. The minimum Gasteiger partial charge on any atom is -0.377 e. The molecule has 0 bridgehead atoms. The highest BCUT2D eigenvalue weighted by atomic mass is 16.5. The van der Waals surface area contributed by atoms with Crippen molar-refractivity contribution in [3.05, 3.63) is 48.3 Å². The summed E-state index contributed by atoms with van der Waals surface area (Å²) in [5, 5.41) is 7.84. The maximum Gasteiger partial charge on any atom is 0.0821 e. The predicted molar refractivity (Wildman–Crippen MR) is 76.5 cm³/mol. The number of ether oxygens (including phenoxy) is 1. The lowest BCUT2D eigenvalue weighted by atomic mass is 10.2. The topological polar surface area (TPSA) is 39.1 Å². The van der Waals surface area contributed by atoms with Crippen LogP contribution in [0.1, 0.15) is 25.6 Å². The molecule has 1 aromatic carbocycles. The lowest BCUT2D eigenvalue weighted by Gasteiger charge is -2.16. The highest BCUT2D eigenvalue weighted by molar-refractivity contribution is 5.30. The number of nitrogens with one attached hydrogen (secondary N) is 1. The number of rotatable bonds is 6. The molecule has 0 fully saturated rings. The zero-order valence-electron chi connectivity index (χ0n) is 11.7. The maximum atomic E-state index is 5.65. The van der Waals surface area contributed by atoms with Crippen LogP contribution >= 0.6 is 0 Å². The van der Waals surface area contributed by atoms with Gasteiger partial charge in [-0.2, -0.15) is 5.10 Å². The number of hydrogen-bond donors (Lipinski definition) is 1. The van der Waals surface area contributed by atoms with Crippen molar-refractivity contribution in [1.82, 2.24) is 15.1 Å². The third kappa shape index (κ3) is 3.66. The standard InChI is InChI=1S/C15H21N3O/c1-12(2)19-11-15(16-3)14-9-10-18(17-14)13-7-5-4-6-8-13/h4-10,12,15-16H,11H2,1-3H3. The van der Waals surface area contributed by atoms with Crippen molar-refractivity contribution >= 4 is 0 Å². The lowest BCUT2D eigenvalue weighted by molar-refractivity contribution is 0.0618. The normalized spacial score (nSPS) is 12.8. The molecule has 0 aliphatic carbocycles. The summed E-state index contributed by atoms with van der Waals surface area (Å²) < 4.78 is 7.54. The third-order valence-electron chi connectivity index (χ3n) is 2.93. The van der Waals surface area contributed by atoms with Gasteiger partial charge in [0.05, 0.1) is 30.1 Å². The van der Waals surface area contributed by atoms with Gasteiger partial charge in [0.25, 0.3) is 0 Å². The molecule has 102 valence electrons. The van der Waals surface area contributed by atoms with Gasteiger partial charge < -0.3 is 10.1 Å². The summed E-state index contributed by atoms with van der Waals surface area (Å²) in [5.74, 6) is 0. The van der Waals surface area contributed by atoms with E-state index in [1.807, 2.05) is 68.2 Å². The third-order valence-corrected chi connectivity index (χ3v) is 2.93. The van der Waals surface area contributed by atoms with Gasteiger partial charge in [-0.15, -0.1) is 0 Å². The van der Waals surface area contributed by atoms with Gasteiger partial charge in [0.2, 0.25) is 0 Å². The molecule has 19 heavy (non-hydrogen) atoms. The van der Waals surface area contributed by atoms with Crippen molar-refractivity contribution in [3.8, 4) is 5.69 Å². The van der Waals surface area contributed by atoms with Gasteiger partial charge >= 0.3 is 0 Å². The van der Waals surface area contributed by atoms with Crippen molar-refractivity contribution < 1.29 is 4.74 Å². The van der Waals surface area contributed by atoms with Crippen LogP contribution in [0.15, 0.2) is 42.6 Å². The molecule has 0 amide bonds. The highest BCUT2D eigenvalue weighted by Crippen LogP contribution is 2.14. The second kappa shape index (κ2) is 6.50. The summed E-state index contributed by atoms with van der Waals surface area (Å²) >= 11 is 0. The first-order chi connectivity index (χ1) is 9.20. The lowest BCUT2D eigenvalue weighted by Crippen LogP contribution is -2.24. The van der Waals surface area contributed by atoms with E-state index < -0.39 is 0 Å². The first kappa shape index (κ1) is 13.8. The Labute approximate surface area is 114 Å². The number of benzene rings is 1. The van der Waals surface area contributed by atoms with E-state index in [0.29, 0.717) is 6.61 Å². The number of likely N-dealkylation sites (N-methyl/N-ethyl adjacent to an activating group) is 1. The van der Waals surface area contributed by atoms with E-state index in [1.165, 1.54) is 0 Å². The smallest absolute Gasteiger partial charge is 0.0821 e. The molecule has 0 spiro atoms. The molecule has 0 aliphatic rings. The minimum atomic E-state index is 0.118. The second-order valence-electron chi connectivity index (χ2n) is 4.74. The molecular formula is C15H21N3O. The van der Waals surface area contributed by atoms with Gasteiger partial charge in [-0.05, 0) is 39.1 Å². The number of nitrogens with zero attached hydrogens (tertiary/aromatic N) is 2. The SMILES string of the molecule is CNC(COC(C)C)c1ccn(-c2ccccc2)n1. The summed E-state index contributed by atoms with van der Waals surface area (Å²) in [4.78, 5) is 0. The van der Waals surface area contributed by atoms with Crippen molar-refractivity contribution in [3.63, 3.8) is 0 Å². The first-order valence-electron chi connectivity index (χ1n) is 6.60. The molecule has 0 saturated heterocycles. The van der Waals surface area contributed by atoms with Crippen LogP contribution in [0.2, 0.25) is 0 Å². The van der Waals surface area contributed by atoms with E-state index in [4.69, 9.17) is 4.74 Å². The Balaban J connectivity index is 2.11. The zero-order valence-corrected chi connectivity index (χ0v) is 11.7. The average Bonchev–Trinajstić information content (AvgIpc) is 2.90. The summed E-state index contributed by atoms with van der Waals surface area (Å²) in [5.41, 5.74) is 2.06. The molecule has 1 N–H and O–H groups in total. The Morgan fingerprint density at radius 2 is 1.95 bits per heavy atom. The Bertz CT molecular complexity index is 493. The van der Waals surface area contributed by atoms with Crippen molar-refractivity contribution in [2.75, 3.05) is 13.7 Å². The second-order valence-corrected chi connectivity index (χ2v) is 4.74. The van der Waals surface area contributed by atoms with Gasteiger partial charge in [-0.3, -0.25) is 0 Å². The molecule has 2 aromatic rings. The molecule has 0 saturated carbocycles. The van der Waals surface area contributed by atoms with Crippen LogP contribution in [0.25, 0.3) is 5.69 Å². The summed E-state index contributed by atoms with van der Waals surface area (Å²) in [7, 11) is 1.93. The fourth-order valence-corrected chi connectivity index (χ4v) is 1.85. The zero-order chi connectivity index (χ0) is 13.7. The monoisotopic (exact) mass is 259 g/mol. The number of para-hydroxylation sites is 1. The van der Waals surface area contributed by atoms with Crippen LogP contribution in [0.3, 0.4) is 0 Å². The van der Waals surface area contributed by atoms with Crippen molar-refractivity contribution in [2.45, 2.75) is 26.0 Å². The molecular weight excluding hydrogens is 238 g/mol. The summed E-state index contributed by atoms with van der Waals surface area (Å²) in [6.45, 7) is 4.70. The highest BCUT2D eigenvalue weighted by Gasteiger charge is 2.13. The van der Waals surface area contributed by atoms with Crippen LogP contribution in [0, 0.1) is 0 Å². The Morgan fingerprint density at radius 1 is 1.21 bits per heavy atom. The fraction of sp³-hybridized carbons (Fsp3) is 0.400. The van der Waals surface area contributed by atoms with Gasteiger partial charge in [0, 0.05) is 6.20 Å². The predicted octanol–water partition coefficient (Wildman–Crippen LogP) is 2.56. The first-order valence-corrected chi connectivity index (χ1v) is 6.60. The van der Waals surface area contributed by atoms with Gasteiger partial charge in [-0.1, -0.05) is 18.2 Å². The molecule has 1 aromatic heterocycles. The minimum absolute atomic E-state index is 0.118. The molecule has 0 radical (unpaired) electrons. The quantitative estimate of drug-likeness (QED) is 0.866. The molecule has 1 unspecified atom stereocenters. The number of hydrogen-bond acceptors (Lipinski definition) is 3. The molecule has 2 rings (SSSR count). The molecule has 4 nitrogen and oxygen atoms in total. The summed E-state index contributed by atoms with van der Waals surface area (Å²) in [6, 6.07) is 12.2. The van der Waals surface area contributed by atoms with Gasteiger partial charge in [0.1, 0.15) is 0 Å². The van der Waals surface area contributed by atoms with Crippen molar-refractivity contribution in [2.24, 2.45) is 0 Å². The van der Waals surface area contributed by atoms with E-state index in [1.54, 1.807) is 0 Å². The van der Waals surface area contributed by atoms with E-state index in [9.17, 15) is 0 Å². The van der Waals surface area contributed by atoms with E-state index >= 15 is 0 Å². The largest absolute Gasteiger partial charge is 0.377 e. The molecule has 1 atom stereocenters. The van der Waals surface area contributed by atoms with Crippen molar-refractivity contribution in [1.29, 1.82) is 0 Å². The van der Waals surface area contributed by atoms with E-state index in [0.717, 1.165) is 11.4 Å². The van der Waals surface area contributed by atoms with E-state index in [2.05, 4.69) is 10.4 Å². The Hall–Kier alpha value is -1.65. The van der Waals surface area contributed by atoms with Gasteiger partial charge in [0.15, 0.2) is 0 Å². The fourth-order valence-electron chi connectivity index (χ4n) is 1.85. The Morgan fingerprint density at radius 3 is 2.58 bits per heavy atom. The molecule has 0 aliphatic heterocycles. The number of aromatic nitrogens is 2. The summed E-state index contributed by atoms with van der Waals surface area (Å²) in [6.07, 6.45) is 2.21. The molecule has 1 heterocycles. The van der Waals surface area contributed by atoms with Crippen LogP contribution < -0.4 is 5.32 Å². The van der Waals surface area contributed by atoms with E-state index in [-0.39, 0.29) is 12.1 Å². The van der Waals surface area contributed by atoms with Crippen LogP contribution in [-0.4, -0.2) is 29.5 Å². The Kier molecular flexibility index (Phi) is 4.71. The van der Waals surface area contributed by atoms with Crippen LogP contribution in [0.5, 0.6) is 0 Å². The van der Waals surface area contributed by atoms with Crippen LogP contribution in [-0.2, 0) is 4.74 Å². The average molecular weight is 259 g/mol.